The van der Waals surface area contributed by atoms with Crippen LogP contribution in [-0.2, 0) is 0 Å². The van der Waals surface area contributed by atoms with Crippen LogP contribution >= 0.6 is 0 Å². The van der Waals surface area contributed by atoms with Gasteiger partial charge >= 0.3 is 0 Å². The van der Waals surface area contributed by atoms with E-state index in [0.29, 0.717) is 50.8 Å². The zero-order chi connectivity index (χ0) is 52.2. The van der Waals surface area contributed by atoms with Gasteiger partial charge in [0.15, 0.2) is 17.2 Å². The smallest absolute Gasteiger partial charge is 0.187 e. The van der Waals surface area contributed by atoms with Gasteiger partial charge in [0, 0.05) is 61.7 Å². The van der Waals surface area contributed by atoms with Crippen molar-refractivity contribution in [3.8, 4) is 62.9 Å². The number of fused-ring (bicyclic) bond motifs is 3. The van der Waals surface area contributed by atoms with Gasteiger partial charge in [-0.15, -0.1) is 0 Å². The summed E-state index contributed by atoms with van der Waals surface area (Å²) in [5.74, 6) is 0.315. The number of hydrogen-bond acceptors (Lipinski definition) is 6. The van der Waals surface area contributed by atoms with E-state index in [0.717, 1.165) is 67.2 Å². The van der Waals surface area contributed by atoms with Crippen LogP contribution in [0.25, 0.3) is 82.2 Å². The number of nitriles is 2. The van der Waals surface area contributed by atoms with Crippen LogP contribution < -0.4 is 9.80 Å². The maximum Gasteiger partial charge on any atom is 0.187 e. The maximum atomic E-state index is 10.8. The molecule has 358 valence electrons. The molecule has 12 rings (SSSR count). The van der Waals surface area contributed by atoms with Crippen molar-refractivity contribution in [2.24, 2.45) is 0 Å². The molecule has 0 aliphatic rings. The number of anilines is 6. The Balaban J connectivity index is 0.991. The third kappa shape index (κ3) is 8.92. The average Bonchev–Trinajstić information content (AvgIpc) is 3.95. The monoisotopic (exact) mass is 983 g/mol. The molecule has 9 heteroatoms. The molecule has 0 radical (unpaired) electrons. The summed E-state index contributed by atoms with van der Waals surface area (Å²) in [7, 11) is 0. The lowest BCUT2D eigenvalue weighted by atomic mass is 9.92. The SMILES string of the molecule is [C-]#[N+]c1cccc(-c2cc(-c3c(C#N)cc(-c4ccc(-n5c6ccc(N(c7ccccc7)c7ccccc7)cc6c6cc(N(c7ccccc7)c7ccccc7)ccc65)cc4)cc3C#N)nc(-c3cccc([N+]#[C-])c3)n2)c1. The van der Waals surface area contributed by atoms with E-state index in [1.54, 1.807) is 54.6 Å². The van der Waals surface area contributed by atoms with E-state index in [1.165, 1.54) is 0 Å². The molecule has 0 saturated heterocycles. The molecule has 0 aliphatic carbocycles. The van der Waals surface area contributed by atoms with Gasteiger partial charge in [0.05, 0.1) is 58.8 Å². The van der Waals surface area contributed by atoms with Crippen LogP contribution in [0.5, 0.6) is 0 Å². The Kier molecular flexibility index (Phi) is 12.3. The van der Waals surface area contributed by atoms with Crippen LogP contribution in [0, 0.1) is 35.8 Å². The lowest BCUT2D eigenvalue weighted by Gasteiger charge is -2.26. The number of hydrogen-bond donors (Lipinski definition) is 0. The van der Waals surface area contributed by atoms with Crippen LogP contribution in [-0.4, -0.2) is 14.5 Å². The minimum atomic E-state index is 0.262. The Morgan fingerprint density at radius 1 is 0.377 bits per heavy atom. The van der Waals surface area contributed by atoms with E-state index in [2.05, 4.69) is 182 Å². The second-order valence-corrected chi connectivity index (χ2v) is 18.3. The molecule has 2 aromatic heterocycles. The largest absolute Gasteiger partial charge is 0.310 e. The number of benzene rings is 10. The van der Waals surface area contributed by atoms with Gasteiger partial charge in [-0.2, -0.15) is 10.5 Å². The van der Waals surface area contributed by atoms with Crippen molar-refractivity contribution >= 4 is 67.3 Å². The van der Waals surface area contributed by atoms with E-state index in [-0.39, 0.29) is 11.1 Å². The molecule has 0 fully saturated rings. The van der Waals surface area contributed by atoms with Gasteiger partial charge in [-0.25, -0.2) is 19.7 Å². The predicted molar refractivity (Wildman–Crippen MR) is 309 cm³/mol. The molecule has 0 aliphatic heterocycles. The fourth-order valence-corrected chi connectivity index (χ4v) is 10.1. The molecule has 0 N–H and O–H groups in total. The van der Waals surface area contributed by atoms with Crippen molar-refractivity contribution < 1.29 is 0 Å². The standard InChI is InChI=1S/C68H41N9/c1-71-52-19-15-17-47(39-52)63-43-64(74-68(73-63)48-18-16-20-53(40-48)72-2)67-50(44-69)37-49(38-51(67)45-70)46-29-31-58(32-30-46)77-65-35-33-59(75(54-21-7-3-8-22-54)55-23-9-4-10-24-55)41-61(65)62-42-60(34-36-66(62)77)76(56-25-11-5-12-26-56)57-27-13-6-14-28-57/h3-43H. The van der Waals surface area contributed by atoms with Gasteiger partial charge in [0.2, 0.25) is 0 Å². The molecule has 0 bridgehead atoms. The van der Waals surface area contributed by atoms with Gasteiger partial charge in [0.1, 0.15) is 0 Å². The van der Waals surface area contributed by atoms with Gasteiger partial charge in [-0.05, 0) is 144 Å². The lowest BCUT2D eigenvalue weighted by molar-refractivity contribution is 1.18. The normalized spacial score (nSPS) is 10.8. The first-order valence-electron chi connectivity index (χ1n) is 24.8. The van der Waals surface area contributed by atoms with Gasteiger partial charge in [-0.1, -0.05) is 121 Å². The number of nitrogens with zero attached hydrogens (tertiary/aromatic N) is 9. The molecule has 0 atom stereocenters. The zero-order valence-corrected chi connectivity index (χ0v) is 41.2. The second-order valence-electron chi connectivity index (χ2n) is 18.3. The van der Waals surface area contributed by atoms with Crippen molar-refractivity contribution in [2.75, 3.05) is 9.80 Å². The van der Waals surface area contributed by atoms with E-state index in [9.17, 15) is 10.5 Å². The van der Waals surface area contributed by atoms with Crippen molar-refractivity contribution in [1.29, 1.82) is 10.5 Å². The van der Waals surface area contributed by atoms with Crippen LogP contribution in [0.2, 0.25) is 0 Å². The third-order valence-corrected chi connectivity index (χ3v) is 13.6. The van der Waals surface area contributed by atoms with Crippen LogP contribution in [0.3, 0.4) is 0 Å². The first kappa shape index (κ1) is 46.7. The summed E-state index contributed by atoms with van der Waals surface area (Å²) in [6.45, 7) is 15.3. The Hall–Kier alpha value is -11.4. The number of rotatable bonds is 11. The molecule has 77 heavy (non-hydrogen) atoms. The van der Waals surface area contributed by atoms with E-state index in [4.69, 9.17) is 23.1 Å². The van der Waals surface area contributed by atoms with Gasteiger partial charge in [-0.3, -0.25) is 0 Å². The van der Waals surface area contributed by atoms with Crippen LogP contribution in [0.15, 0.2) is 249 Å². The van der Waals surface area contributed by atoms with Gasteiger partial charge in [0.25, 0.3) is 0 Å². The summed E-state index contributed by atoms with van der Waals surface area (Å²) < 4.78 is 2.29. The Bertz CT molecular complexity index is 4040. The lowest BCUT2D eigenvalue weighted by Crippen LogP contribution is -2.09. The van der Waals surface area contributed by atoms with Crippen LogP contribution in [0.4, 0.5) is 45.5 Å². The summed E-state index contributed by atoms with van der Waals surface area (Å²) in [5.41, 5.74) is 14.6. The van der Waals surface area contributed by atoms with E-state index >= 15 is 0 Å². The first-order chi connectivity index (χ1) is 38.0. The molecule has 12 aromatic rings. The molecule has 0 saturated carbocycles. The Morgan fingerprint density at radius 3 is 1.27 bits per heavy atom. The second kappa shape index (κ2) is 20.3. The maximum absolute atomic E-state index is 10.8. The van der Waals surface area contributed by atoms with Crippen molar-refractivity contribution in [2.45, 2.75) is 0 Å². The molecule has 2 heterocycles. The zero-order valence-electron chi connectivity index (χ0n) is 41.2. The molecule has 0 spiro atoms. The molecule has 0 amide bonds. The van der Waals surface area contributed by atoms with Crippen molar-refractivity contribution in [3.63, 3.8) is 0 Å². The minimum Gasteiger partial charge on any atom is -0.310 e. The summed E-state index contributed by atoms with van der Waals surface area (Å²) in [6.07, 6.45) is 0. The highest BCUT2D eigenvalue weighted by Crippen LogP contribution is 2.44. The molecule has 10 aromatic carbocycles. The van der Waals surface area contributed by atoms with Crippen LogP contribution in [0.1, 0.15) is 11.1 Å². The fraction of sp³-hybridized carbons (Fsp3) is 0. The summed E-state index contributed by atoms with van der Waals surface area (Å²) in [5, 5.41) is 23.8. The van der Waals surface area contributed by atoms with Gasteiger partial charge < -0.3 is 14.4 Å². The minimum absolute atomic E-state index is 0.262. The molecular weight excluding hydrogens is 943 g/mol. The summed E-state index contributed by atoms with van der Waals surface area (Å²) in [4.78, 5) is 21.6. The van der Waals surface area contributed by atoms with Crippen molar-refractivity contribution in [1.82, 2.24) is 14.5 Å². The van der Waals surface area contributed by atoms with E-state index < -0.39 is 0 Å². The predicted octanol–water partition coefficient (Wildman–Crippen LogP) is 18.0. The third-order valence-electron chi connectivity index (χ3n) is 13.6. The van der Waals surface area contributed by atoms with E-state index in [1.807, 2.05) is 48.5 Å². The van der Waals surface area contributed by atoms with Crippen molar-refractivity contribution in [3.05, 3.63) is 283 Å². The highest BCUT2D eigenvalue weighted by molar-refractivity contribution is 6.12. The number of aromatic nitrogens is 3. The summed E-state index contributed by atoms with van der Waals surface area (Å²) in [6, 6.07) is 87.4. The molecule has 0 unspecified atom stereocenters. The average molecular weight is 984 g/mol. The molecular formula is C68H41N9. The first-order valence-corrected chi connectivity index (χ1v) is 24.8. The molecule has 9 nitrogen and oxygen atoms in total. The highest BCUT2D eigenvalue weighted by Gasteiger charge is 2.22. The Labute approximate surface area is 445 Å². The number of para-hydroxylation sites is 4. The topological polar surface area (TPSA) is 93.5 Å². The fourth-order valence-electron chi connectivity index (χ4n) is 10.1. The quantitative estimate of drug-likeness (QED) is 0.120. The highest BCUT2D eigenvalue weighted by atomic mass is 15.1. The Morgan fingerprint density at radius 2 is 0.818 bits per heavy atom. The summed E-state index contributed by atoms with van der Waals surface area (Å²) >= 11 is 0.